The van der Waals surface area contributed by atoms with Crippen molar-refractivity contribution in [3.8, 4) is 5.75 Å². The Bertz CT molecular complexity index is 446. The van der Waals surface area contributed by atoms with E-state index in [1.54, 1.807) is 0 Å². The van der Waals surface area contributed by atoms with Crippen LogP contribution in [-0.4, -0.2) is 49.6 Å². The van der Waals surface area contributed by atoms with Crippen molar-refractivity contribution < 1.29 is 9.53 Å². The molecule has 0 aromatic heterocycles. The SMILES string of the molecule is CCN(CC)CCNC(=O)C1CNc2ccccc2O1. The van der Waals surface area contributed by atoms with Gasteiger partial charge in [0, 0.05) is 13.1 Å². The number of nitrogens with one attached hydrogen (secondary N) is 2. The van der Waals surface area contributed by atoms with E-state index >= 15 is 0 Å². The molecule has 1 unspecified atom stereocenters. The van der Waals surface area contributed by atoms with Gasteiger partial charge in [0.25, 0.3) is 5.91 Å². The Labute approximate surface area is 120 Å². The van der Waals surface area contributed by atoms with Gasteiger partial charge >= 0.3 is 0 Å². The minimum atomic E-state index is -0.457. The van der Waals surface area contributed by atoms with Gasteiger partial charge in [-0.15, -0.1) is 0 Å². The van der Waals surface area contributed by atoms with E-state index in [1.165, 1.54) is 0 Å². The number of likely N-dealkylation sites (N-methyl/N-ethyl adjacent to an activating group) is 1. The van der Waals surface area contributed by atoms with Gasteiger partial charge in [0.15, 0.2) is 6.10 Å². The molecule has 0 saturated heterocycles. The summed E-state index contributed by atoms with van der Waals surface area (Å²) in [6, 6.07) is 7.67. The smallest absolute Gasteiger partial charge is 0.262 e. The number of benzene rings is 1. The summed E-state index contributed by atoms with van der Waals surface area (Å²) in [5.74, 6) is 0.682. The van der Waals surface area contributed by atoms with E-state index in [0.29, 0.717) is 13.1 Å². The van der Waals surface area contributed by atoms with Crippen molar-refractivity contribution in [2.75, 3.05) is 38.0 Å². The monoisotopic (exact) mass is 277 g/mol. The molecule has 5 nitrogen and oxygen atoms in total. The van der Waals surface area contributed by atoms with Gasteiger partial charge in [0.1, 0.15) is 5.75 Å². The number of para-hydroxylation sites is 2. The highest BCUT2D eigenvalue weighted by Crippen LogP contribution is 2.27. The molecule has 110 valence electrons. The van der Waals surface area contributed by atoms with Crippen LogP contribution < -0.4 is 15.4 Å². The van der Waals surface area contributed by atoms with E-state index in [4.69, 9.17) is 4.74 Å². The summed E-state index contributed by atoms with van der Waals surface area (Å²) in [4.78, 5) is 14.3. The highest BCUT2D eigenvalue weighted by Gasteiger charge is 2.25. The fourth-order valence-corrected chi connectivity index (χ4v) is 2.25. The van der Waals surface area contributed by atoms with Gasteiger partial charge in [-0.1, -0.05) is 26.0 Å². The Morgan fingerprint density at radius 3 is 2.90 bits per heavy atom. The number of carbonyl (C=O) groups excluding carboxylic acids is 1. The van der Waals surface area contributed by atoms with Gasteiger partial charge in [-0.2, -0.15) is 0 Å². The first-order valence-corrected chi connectivity index (χ1v) is 7.24. The Kier molecular flexibility index (Phi) is 5.24. The molecule has 2 rings (SSSR count). The second kappa shape index (κ2) is 7.14. The van der Waals surface area contributed by atoms with E-state index in [1.807, 2.05) is 24.3 Å². The molecule has 0 saturated carbocycles. The fourth-order valence-electron chi connectivity index (χ4n) is 2.25. The Morgan fingerprint density at radius 1 is 1.40 bits per heavy atom. The predicted molar refractivity (Wildman–Crippen MR) is 80.1 cm³/mol. The van der Waals surface area contributed by atoms with E-state index in [-0.39, 0.29) is 5.91 Å². The number of amides is 1. The van der Waals surface area contributed by atoms with Gasteiger partial charge in [0.05, 0.1) is 12.2 Å². The van der Waals surface area contributed by atoms with Crippen LogP contribution in [-0.2, 0) is 4.79 Å². The molecule has 0 radical (unpaired) electrons. The first-order valence-electron chi connectivity index (χ1n) is 7.24. The Balaban J connectivity index is 1.80. The van der Waals surface area contributed by atoms with Crippen molar-refractivity contribution in [2.24, 2.45) is 0 Å². The number of hydrogen-bond donors (Lipinski definition) is 2. The summed E-state index contributed by atoms with van der Waals surface area (Å²) in [7, 11) is 0. The van der Waals surface area contributed by atoms with Crippen LogP contribution in [0, 0.1) is 0 Å². The summed E-state index contributed by atoms with van der Waals surface area (Å²) in [6.07, 6.45) is -0.457. The minimum absolute atomic E-state index is 0.0563. The van der Waals surface area contributed by atoms with Crippen molar-refractivity contribution in [3.63, 3.8) is 0 Å². The molecule has 1 aliphatic rings. The average Bonchev–Trinajstić information content (AvgIpc) is 2.51. The maximum absolute atomic E-state index is 12.1. The van der Waals surface area contributed by atoms with Crippen LogP contribution in [0.2, 0.25) is 0 Å². The van der Waals surface area contributed by atoms with Gasteiger partial charge in [-0.05, 0) is 25.2 Å². The molecule has 1 aromatic carbocycles. The summed E-state index contributed by atoms with van der Waals surface area (Å²) in [6.45, 7) is 8.28. The normalized spacial score (nSPS) is 17.1. The summed E-state index contributed by atoms with van der Waals surface area (Å²) < 4.78 is 5.72. The van der Waals surface area contributed by atoms with Gasteiger partial charge in [0.2, 0.25) is 0 Å². The number of anilines is 1. The van der Waals surface area contributed by atoms with Crippen LogP contribution >= 0.6 is 0 Å². The van der Waals surface area contributed by atoms with Crippen LogP contribution in [0.5, 0.6) is 5.75 Å². The lowest BCUT2D eigenvalue weighted by Crippen LogP contribution is -2.46. The molecule has 0 fully saturated rings. The molecule has 1 aliphatic heterocycles. The molecule has 1 heterocycles. The standard InChI is InChI=1S/C15H23N3O2/c1-3-18(4-2)10-9-16-15(19)14-11-17-12-7-5-6-8-13(12)20-14/h5-8,14,17H,3-4,9-11H2,1-2H3,(H,16,19). The van der Waals surface area contributed by atoms with Crippen molar-refractivity contribution in [1.29, 1.82) is 0 Å². The zero-order chi connectivity index (χ0) is 14.4. The van der Waals surface area contributed by atoms with Gasteiger partial charge in [-0.25, -0.2) is 0 Å². The third-order valence-electron chi connectivity index (χ3n) is 3.55. The second-order valence-electron chi connectivity index (χ2n) is 4.80. The number of rotatable bonds is 6. The lowest BCUT2D eigenvalue weighted by atomic mass is 10.2. The number of fused-ring (bicyclic) bond motifs is 1. The molecule has 1 aromatic rings. The van der Waals surface area contributed by atoms with Crippen LogP contribution in [0.3, 0.4) is 0 Å². The van der Waals surface area contributed by atoms with Crippen molar-refractivity contribution in [2.45, 2.75) is 20.0 Å². The highest BCUT2D eigenvalue weighted by atomic mass is 16.5. The zero-order valence-corrected chi connectivity index (χ0v) is 12.2. The first kappa shape index (κ1) is 14.7. The maximum Gasteiger partial charge on any atom is 0.262 e. The molecule has 0 spiro atoms. The van der Waals surface area contributed by atoms with Crippen LogP contribution in [0.25, 0.3) is 0 Å². The summed E-state index contributed by atoms with van der Waals surface area (Å²) in [5.41, 5.74) is 0.944. The van der Waals surface area contributed by atoms with E-state index in [2.05, 4.69) is 29.4 Å². The third-order valence-corrected chi connectivity index (χ3v) is 3.55. The fraction of sp³-hybridized carbons (Fsp3) is 0.533. The van der Waals surface area contributed by atoms with E-state index in [9.17, 15) is 4.79 Å². The molecule has 5 heteroatoms. The van der Waals surface area contributed by atoms with Gasteiger partial charge < -0.3 is 20.3 Å². The first-order chi connectivity index (χ1) is 9.74. The van der Waals surface area contributed by atoms with Crippen LogP contribution in [0.15, 0.2) is 24.3 Å². The third kappa shape index (κ3) is 3.63. The number of nitrogens with zero attached hydrogens (tertiary/aromatic N) is 1. The molecule has 2 N–H and O–H groups in total. The van der Waals surface area contributed by atoms with Gasteiger partial charge in [-0.3, -0.25) is 4.79 Å². The van der Waals surface area contributed by atoms with E-state index < -0.39 is 6.10 Å². The lowest BCUT2D eigenvalue weighted by molar-refractivity contribution is -0.127. The predicted octanol–water partition coefficient (Wildman–Crippen LogP) is 1.32. The Hall–Kier alpha value is -1.75. The maximum atomic E-state index is 12.1. The minimum Gasteiger partial charge on any atom is -0.477 e. The lowest BCUT2D eigenvalue weighted by Gasteiger charge is -2.27. The zero-order valence-electron chi connectivity index (χ0n) is 12.2. The summed E-state index contributed by atoms with van der Waals surface area (Å²) in [5, 5.41) is 6.16. The largest absolute Gasteiger partial charge is 0.477 e. The molecular weight excluding hydrogens is 254 g/mol. The molecular formula is C15H23N3O2. The van der Waals surface area contributed by atoms with Crippen molar-refractivity contribution >= 4 is 11.6 Å². The number of carbonyl (C=O) groups is 1. The molecule has 0 bridgehead atoms. The Morgan fingerprint density at radius 2 is 2.15 bits per heavy atom. The molecule has 1 amide bonds. The second-order valence-corrected chi connectivity index (χ2v) is 4.80. The topological polar surface area (TPSA) is 53.6 Å². The average molecular weight is 277 g/mol. The molecule has 20 heavy (non-hydrogen) atoms. The number of hydrogen-bond acceptors (Lipinski definition) is 4. The summed E-state index contributed by atoms with van der Waals surface area (Å²) >= 11 is 0. The highest BCUT2D eigenvalue weighted by molar-refractivity contribution is 5.83. The quantitative estimate of drug-likeness (QED) is 0.823. The van der Waals surface area contributed by atoms with E-state index in [0.717, 1.165) is 31.1 Å². The molecule has 1 atom stereocenters. The van der Waals surface area contributed by atoms with Crippen molar-refractivity contribution in [1.82, 2.24) is 10.2 Å². The van der Waals surface area contributed by atoms with Crippen LogP contribution in [0.1, 0.15) is 13.8 Å². The van der Waals surface area contributed by atoms with Crippen LogP contribution in [0.4, 0.5) is 5.69 Å². The van der Waals surface area contributed by atoms with Crippen molar-refractivity contribution in [3.05, 3.63) is 24.3 Å². The molecule has 0 aliphatic carbocycles. The number of ether oxygens (including phenoxy) is 1.